The first kappa shape index (κ1) is 23.6. The summed E-state index contributed by atoms with van der Waals surface area (Å²) in [6, 6.07) is 0. The molecule has 0 atom stereocenters. The van der Waals surface area contributed by atoms with Crippen molar-refractivity contribution in [3.05, 3.63) is 27.1 Å². The lowest BCUT2D eigenvalue weighted by atomic mass is 10.1. The lowest BCUT2D eigenvalue weighted by Gasteiger charge is -2.02. The second-order valence-corrected chi connectivity index (χ2v) is 8.39. The Bertz CT molecular complexity index is 659. The highest BCUT2D eigenvalue weighted by Crippen LogP contribution is 2.28. The van der Waals surface area contributed by atoms with E-state index in [1.54, 1.807) is 4.57 Å². The van der Waals surface area contributed by atoms with Crippen LogP contribution in [0.4, 0.5) is 0 Å². The molecule has 0 aromatic carbocycles. The van der Waals surface area contributed by atoms with Gasteiger partial charge in [-0.2, -0.15) is 0 Å². The van der Waals surface area contributed by atoms with Crippen LogP contribution in [-0.4, -0.2) is 20.7 Å². The Morgan fingerprint density at radius 1 is 1.04 bits per heavy atom. The first-order valence-electron chi connectivity index (χ1n) is 10.0. The van der Waals surface area contributed by atoms with Crippen molar-refractivity contribution in [2.75, 3.05) is 0 Å². The van der Waals surface area contributed by atoms with E-state index in [1.807, 2.05) is 6.08 Å². The van der Waals surface area contributed by atoms with Crippen LogP contribution in [0.25, 0.3) is 6.08 Å². The van der Waals surface area contributed by atoms with Gasteiger partial charge in [-0.05, 0) is 63.2 Å². The molecule has 0 saturated carbocycles. The van der Waals surface area contributed by atoms with Crippen LogP contribution in [0, 0.1) is 3.95 Å². The molecule has 0 spiro atoms. The zero-order chi connectivity index (χ0) is 19.9. The van der Waals surface area contributed by atoms with Gasteiger partial charge in [0.05, 0.1) is 4.88 Å². The second-order valence-electron chi connectivity index (χ2n) is 6.71. The van der Waals surface area contributed by atoms with E-state index in [1.165, 1.54) is 49.9 Å². The number of hydrogen-bond acceptors (Lipinski definition) is 4. The van der Waals surface area contributed by atoms with Gasteiger partial charge < -0.3 is 10.2 Å². The summed E-state index contributed by atoms with van der Waals surface area (Å²) < 4.78 is 2.20. The maximum absolute atomic E-state index is 10.6. The summed E-state index contributed by atoms with van der Waals surface area (Å²) in [6.45, 7) is 2.67. The van der Waals surface area contributed by atoms with Gasteiger partial charge in [0.15, 0.2) is 3.95 Å². The number of aromatic nitrogens is 1. The molecule has 0 saturated heterocycles. The van der Waals surface area contributed by atoms with Crippen molar-refractivity contribution in [2.24, 2.45) is 0 Å². The summed E-state index contributed by atoms with van der Waals surface area (Å²) in [6.07, 6.45) is 20.0. The van der Waals surface area contributed by atoms with Crippen molar-refractivity contribution >= 4 is 35.6 Å². The average molecular weight is 412 g/mol. The van der Waals surface area contributed by atoms with Crippen molar-refractivity contribution < 1.29 is 15.0 Å². The number of nitrogens with zero attached hydrogens (tertiary/aromatic N) is 1. The molecule has 0 bridgehead atoms. The number of allylic oxidation sites excluding steroid dienone is 3. The van der Waals surface area contributed by atoms with E-state index in [-0.39, 0.29) is 12.3 Å². The smallest absolute Gasteiger partial charge is 0.303 e. The Morgan fingerprint density at radius 3 is 2.30 bits per heavy atom. The molecule has 27 heavy (non-hydrogen) atoms. The Hall–Kier alpha value is -1.40. The number of aromatic hydroxyl groups is 1. The van der Waals surface area contributed by atoms with E-state index in [0.29, 0.717) is 16.9 Å². The minimum absolute atomic E-state index is 0.0788. The molecule has 152 valence electrons. The fraction of sp³-hybridized carbons (Fsp3) is 0.619. The molecule has 0 amide bonds. The largest absolute Gasteiger partial charge is 0.493 e. The number of carboxylic acid groups (broad SMARTS) is 1. The van der Waals surface area contributed by atoms with Crippen LogP contribution in [0.2, 0.25) is 0 Å². The topological polar surface area (TPSA) is 62.5 Å². The molecular weight excluding hydrogens is 378 g/mol. The summed E-state index contributed by atoms with van der Waals surface area (Å²) in [7, 11) is 0. The normalized spacial score (nSPS) is 11.7. The number of aliphatic carboxylic acids is 1. The molecular formula is C21H33NO3S2. The van der Waals surface area contributed by atoms with Crippen LogP contribution in [0.5, 0.6) is 5.88 Å². The van der Waals surface area contributed by atoms with Gasteiger partial charge in [0, 0.05) is 13.0 Å². The zero-order valence-electron chi connectivity index (χ0n) is 16.4. The molecule has 0 aliphatic heterocycles. The van der Waals surface area contributed by atoms with E-state index in [9.17, 15) is 9.90 Å². The number of carboxylic acids is 1. The molecule has 1 heterocycles. The predicted molar refractivity (Wildman–Crippen MR) is 117 cm³/mol. The predicted octanol–water partition coefficient (Wildman–Crippen LogP) is 6.95. The molecule has 0 radical (unpaired) electrons. The quantitative estimate of drug-likeness (QED) is 0.186. The molecule has 2 N–H and O–H groups in total. The van der Waals surface area contributed by atoms with E-state index < -0.39 is 5.97 Å². The molecule has 0 aliphatic rings. The van der Waals surface area contributed by atoms with Crippen LogP contribution >= 0.6 is 23.6 Å². The van der Waals surface area contributed by atoms with Crippen molar-refractivity contribution in [2.45, 2.75) is 84.1 Å². The summed E-state index contributed by atoms with van der Waals surface area (Å²) in [5, 5.41) is 19.0. The summed E-state index contributed by atoms with van der Waals surface area (Å²) in [5.41, 5.74) is 0. The molecule has 0 aliphatic carbocycles. The van der Waals surface area contributed by atoms with E-state index in [0.717, 1.165) is 24.1 Å². The molecule has 1 aromatic rings. The summed E-state index contributed by atoms with van der Waals surface area (Å²) >= 11 is 6.63. The van der Waals surface area contributed by atoms with Gasteiger partial charge in [0.25, 0.3) is 0 Å². The molecule has 1 aromatic heterocycles. The molecule has 0 fully saturated rings. The van der Waals surface area contributed by atoms with Crippen LogP contribution in [0.1, 0.15) is 82.4 Å². The van der Waals surface area contributed by atoms with Crippen LogP contribution in [0.3, 0.4) is 0 Å². The highest BCUT2D eigenvalue weighted by Gasteiger charge is 2.09. The van der Waals surface area contributed by atoms with E-state index in [2.05, 4.69) is 25.2 Å². The van der Waals surface area contributed by atoms with Crippen molar-refractivity contribution in [1.82, 2.24) is 4.57 Å². The van der Waals surface area contributed by atoms with E-state index in [4.69, 9.17) is 17.3 Å². The average Bonchev–Trinajstić information content (AvgIpc) is 2.90. The number of unbranched alkanes of at least 4 members (excludes halogenated alkanes) is 7. The second kappa shape index (κ2) is 14.6. The molecule has 0 unspecified atom stereocenters. The monoisotopic (exact) mass is 411 g/mol. The zero-order valence-corrected chi connectivity index (χ0v) is 18.0. The van der Waals surface area contributed by atoms with Gasteiger partial charge in [-0.25, -0.2) is 0 Å². The first-order chi connectivity index (χ1) is 13.1. The van der Waals surface area contributed by atoms with Crippen LogP contribution in [-0.2, 0) is 11.3 Å². The number of hydrogen-bond donors (Lipinski definition) is 2. The van der Waals surface area contributed by atoms with Crippen molar-refractivity contribution in [1.29, 1.82) is 0 Å². The van der Waals surface area contributed by atoms with Crippen LogP contribution in [0.15, 0.2) is 18.2 Å². The number of carbonyl (C=O) groups is 1. The third kappa shape index (κ3) is 10.5. The standard InChI is InChI=1S/C21H33NO3S2/c1-2-3-4-5-6-7-8-9-10-11-12-13-15-18-20(25)22(21(26)27-18)17-14-16-19(23)24/h7-8,13,15,25H,2-6,9-12,14,16-17H2,1H3,(H,23,24). The van der Waals surface area contributed by atoms with Crippen LogP contribution < -0.4 is 0 Å². The Balaban J connectivity index is 2.24. The van der Waals surface area contributed by atoms with Gasteiger partial charge in [0.2, 0.25) is 5.88 Å². The number of thiazole rings is 1. The molecule has 1 rings (SSSR count). The van der Waals surface area contributed by atoms with Crippen molar-refractivity contribution in [3.8, 4) is 5.88 Å². The fourth-order valence-corrected chi connectivity index (χ4v) is 4.04. The molecule has 4 nitrogen and oxygen atoms in total. The number of rotatable bonds is 15. The lowest BCUT2D eigenvalue weighted by Crippen LogP contribution is -2.01. The maximum Gasteiger partial charge on any atom is 0.303 e. The highest BCUT2D eigenvalue weighted by molar-refractivity contribution is 7.73. The first-order valence-corrected chi connectivity index (χ1v) is 11.2. The highest BCUT2D eigenvalue weighted by atomic mass is 32.1. The third-order valence-corrected chi connectivity index (χ3v) is 5.72. The Morgan fingerprint density at radius 2 is 1.67 bits per heavy atom. The van der Waals surface area contributed by atoms with Gasteiger partial charge in [-0.15, -0.1) is 11.3 Å². The van der Waals surface area contributed by atoms with Gasteiger partial charge >= 0.3 is 5.97 Å². The van der Waals surface area contributed by atoms with Gasteiger partial charge in [0.1, 0.15) is 0 Å². The van der Waals surface area contributed by atoms with Gasteiger partial charge in [-0.3, -0.25) is 9.36 Å². The summed E-state index contributed by atoms with van der Waals surface area (Å²) in [4.78, 5) is 11.3. The summed E-state index contributed by atoms with van der Waals surface area (Å²) in [5.74, 6) is -0.680. The Labute approximate surface area is 172 Å². The Kier molecular flexibility index (Phi) is 12.8. The fourth-order valence-electron chi connectivity index (χ4n) is 2.75. The minimum Gasteiger partial charge on any atom is -0.493 e. The minimum atomic E-state index is -0.831. The van der Waals surface area contributed by atoms with Gasteiger partial charge in [-0.1, -0.05) is 44.4 Å². The van der Waals surface area contributed by atoms with Crippen molar-refractivity contribution in [3.63, 3.8) is 0 Å². The third-order valence-electron chi connectivity index (χ3n) is 4.32. The maximum atomic E-state index is 10.6. The van der Waals surface area contributed by atoms with E-state index >= 15 is 0 Å². The SMILES string of the molecule is CCCCCCC=CCCCCC=Cc1sc(=S)n(CCCC(=O)O)c1O. The lowest BCUT2D eigenvalue weighted by molar-refractivity contribution is -0.137. The molecule has 6 heteroatoms.